The van der Waals surface area contributed by atoms with Crippen molar-refractivity contribution in [1.82, 2.24) is 19.5 Å². The van der Waals surface area contributed by atoms with E-state index in [4.69, 9.17) is 9.97 Å². The fourth-order valence-electron chi connectivity index (χ4n) is 3.72. The summed E-state index contributed by atoms with van der Waals surface area (Å²) in [6, 6.07) is 18.7. The number of benzene rings is 2. The van der Waals surface area contributed by atoms with Gasteiger partial charge in [-0.1, -0.05) is 56.3 Å². The second-order valence-electron chi connectivity index (χ2n) is 7.88. The Bertz CT molecular complexity index is 1150. The molecule has 0 bridgehead atoms. The number of fused-ring (bicyclic) bond motifs is 1. The number of anilines is 3. The molecule has 2 aromatic carbocycles. The van der Waals surface area contributed by atoms with E-state index < -0.39 is 0 Å². The fourth-order valence-corrected chi connectivity index (χ4v) is 3.72. The molecule has 2 heterocycles. The molecule has 166 valence electrons. The third-order valence-corrected chi connectivity index (χ3v) is 5.64. The summed E-state index contributed by atoms with van der Waals surface area (Å²) < 4.78 is 2.05. The van der Waals surface area contributed by atoms with Gasteiger partial charge in [-0.2, -0.15) is 9.97 Å². The SMILES string of the molecule is CCCn1cnc2c(N(C)c3ccc(-c4ccccc4)cc3)nc(N[C@H](CC)CO)nc21. The van der Waals surface area contributed by atoms with E-state index in [1.807, 2.05) is 43.4 Å². The highest BCUT2D eigenvalue weighted by Gasteiger charge is 2.19. The molecule has 4 aromatic rings. The molecule has 0 aliphatic carbocycles. The first-order valence-electron chi connectivity index (χ1n) is 11.1. The first-order valence-corrected chi connectivity index (χ1v) is 11.1. The van der Waals surface area contributed by atoms with E-state index in [2.05, 4.69) is 58.2 Å². The third kappa shape index (κ3) is 4.43. The minimum Gasteiger partial charge on any atom is -0.394 e. The van der Waals surface area contributed by atoms with Gasteiger partial charge in [0.15, 0.2) is 17.0 Å². The zero-order valence-corrected chi connectivity index (χ0v) is 18.9. The van der Waals surface area contributed by atoms with Crippen LogP contribution in [0.1, 0.15) is 26.7 Å². The van der Waals surface area contributed by atoms with Crippen LogP contribution in [0.25, 0.3) is 22.3 Å². The van der Waals surface area contributed by atoms with Crippen LogP contribution in [0.3, 0.4) is 0 Å². The van der Waals surface area contributed by atoms with E-state index in [1.165, 1.54) is 11.1 Å². The molecular formula is C25H30N6O. The summed E-state index contributed by atoms with van der Waals surface area (Å²) in [6.45, 7) is 5.01. The summed E-state index contributed by atoms with van der Waals surface area (Å²) >= 11 is 0. The van der Waals surface area contributed by atoms with E-state index in [1.54, 1.807) is 0 Å². The van der Waals surface area contributed by atoms with Crippen molar-refractivity contribution < 1.29 is 5.11 Å². The van der Waals surface area contributed by atoms with Crippen molar-refractivity contribution in [1.29, 1.82) is 0 Å². The van der Waals surface area contributed by atoms with Gasteiger partial charge in [0.05, 0.1) is 19.0 Å². The predicted octanol–water partition coefficient (Wildman–Crippen LogP) is 4.85. The zero-order chi connectivity index (χ0) is 22.5. The fraction of sp³-hybridized carbons (Fsp3) is 0.320. The van der Waals surface area contributed by atoms with Crippen molar-refractivity contribution >= 4 is 28.6 Å². The topological polar surface area (TPSA) is 79.1 Å². The van der Waals surface area contributed by atoms with Gasteiger partial charge in [0.1, 0.15) is 0 Å². The Labute approximate surface area is 188 Å². The lowest BCUT2D eigenvalue weighted by molar-refractivity contribution is 0.271. The van der Waals surface area contributed by atoms with Crippen LogP contribution < -0.4 is 10.2 Å². The predicted molar refractivity (Wildman–Crippen MR) is 130 cm³/mol. The van der Waals surface area contributed by atoms with E-state index in [0.29, 0.717) is 5.95 Å². The smallest absolute Gasteiger partial charge is 0.227 e. The van der Waals surface area contributed by atoms with Crippen LogP contribution in [0.2, 0.25) is 0 Å². The molecule has 0 fully saturated rings. The molecule has 0 aliphatic rings. The van der Waals surface area contributed by atoms with Crippen molar-refractivity contribution in [2.75, 3.05) is 23.9 Å². The Morgan fingerprint density at radius 2 is 1.72 bits per heavy atom. The number of aliphatic hydroxyl groups excluding tert-OH is 1. The average molecular weight is 431 g/mol. The van der Waals surface area contributed by atoms with Crippen LogP contribution >= 0.6 is 0 Å². The maximum Gasteiger partial charge on any atom is 0.227 e. The molecule has 2 aromatic heterocycles. The van der Waals surface area contributed by atoms with Crippen LogP contribution in [0, 0.1) is 0 Å². The Balaban J connectivity index is 1.73. The van der Waals surface area contributed by atoms with Crippen molar-refractivity contribution in [3.8, 4) is 11.1 Å². The molecule has 0 saturated heterocycles. The highest BCUT2D eigenvalue weighted by molar-refractivity contribution is 5.87. The molecule has 0 amide bonds. The minimum atomic E-state index is -0.0988. The molecule has 7 heteroatoms. The zero-order valence-electron chi connectivity index (χ0n) is 18.9. The number of rotatable bonds is 9. The van der Waals surface area contributed by atoms with Crippen molar-refractivity contribution in [2.45, 2.75) is 39.3 Å². The lowest BCUT2D eigenvalue weighted by atomic mass is 10.1. The summed E-state index contributed by atoms with van der Waals surface area (Å²) in [4.78, 5) is 16.2. The van der Waals surface area contributed by atoms with Gasteiger partial charge in [-0.3, -0.25) is 0 Å². The summed E-state index contributed by atoms with van der Waals surface area (Å²) in [5.74, 6) is 1.23. The van der Waals surface area contributed by atoms with Crippen molar-refractivity contribution in [2.24, 2.45) is 0 Å². The second-order valence-corrected chi connectivity index (χ2v) is 7.88. The summed E-state index contributed by atoms with van der Waals surface area (Å²) in [5, 5.41) is 12.9. The largest absolute Gasteiger partial charge is 0.394 e. The van der Waals surface area contributed by atoms with E-state index in [9.17, 15) is 5.11 Å². The van der Waals surface area contributed by atoms with Gasteiger partial charge in [0.25, 0.3) is 0 Å². The number of nitrogens with one attached hydrogen (secondary N) is 1. The number of imidazole rings is 1. The molecule has 0 aliphatic heterocycles. The van der Waals surface area contributed by atoms with Crippen LogP contribution in [0.5, 0.6) is 0 Å². The quantitative estimate of drug-likeness (QED) is 0.395. The molecule has 0 saturated carbocycles. The van der Waals surface area contributed by atoms with Gasteiger partial charge in [0.2, 0.25) is 5.95 Å². The highest BCUT2D eigenvalue weighted by Crippen LogP contribution is 2.31. The molecule has 1 atom stereocenters. The number of aromatic nitrogens is 4. The third-order valence-electron chi connectivity index (χ3n) is 5.64. The summed E-state index contributed by atoms with van der Waals surface area (Å²) in [6.07, 6.45) is 3.59. The molecule has 0 unspecified atom stereocenters. The van der Waals surface area contributed by atoms with Crippen LogP contribution in [0.15, 0.2) is 60.9 Å². The van der Waals surface area contributed by atoms with Crippen LogP contribution in [-0.2, 0) is 6.54 Å². The molecule has 2 N–H and O–H groups in total. The maximum atomic E-state index is 9.63. The number of aryl methyl sites for hydroxylation is 1. The minimum absolute atomic E-state index is 0.0260. The summed E-state index contributed by atoms with van der Waals surface area (Å²) in [5.41, 5.74) is 4.91. The van der Waals surface area contributed by atoms with Gasteiger partial charge in [0, 0.05) is 19.3 Å². The monoisotopic (exact) mass is 430 g/mol. The van der Waals surface area contributed by atoms with Gasteiger partial charge in [-0.05, 0) is 36.1 Å². The van der Waals surface area contributed by atoms with Gasteiger partial charge < -0.3 is 19.9 Å². The highest BCUT2D eigenvalue weighted by atomic mass is 16.3. The molecule has 0 spiro atoms. The standard InChI is InChI=1S/C25H30N6O/c1-4-15-31-17-26-22-23(28-25(29-24(22)31)27-20(5-2)16-32)30(3)21-13-11-19(12-14-21)18-9-7-6-8-10-18/h6-14,17,20,32H,4-5,15-16H2,1-3H3,(H,27,28,29)/t20-/m1/s1. The lowest BCUT2D eigenvalue weighted by Crippen LogP contribution is -2.24. The maximum absolute atomic E-state index is 9.63. The van der Waals surface area contributed by atoms with Gasteiger partial charge in [-0.25, -0.2) is 4.98 Å². The Kier molecular flexibility index (Phi) is 6.66. The van der Waals surface area contributed by atoms with Gasteiger partial charge >= 0.3 is 0 Å². The number of hydrogen-bond donors (Lipinski definition) is 2. The van der Waals surface area contributed by atoms with E-state index in [0.717, 1.165) is 42.1 Å². The Morgan fingerprint density at radius 3 is 2.38 bits per heavy atom. The number of aliphatic hydroxyl groups is 1. The number of nitrogens with zero attached hydrogens (tertiary/aromatic N) is 5. The number of hydrogen-bond acceptors (Lipinski definition) is 6. The molecule has 4 rings (SSSR count). The van der Waals surface area contributed by atoms with E-state index >= 15 is 0 Å². The van der Waals surface area contributed by atoms with Crippen molar-refractivity contribution in [3.05, 3.63) is 60.9 Å². The summed E-state index contributed by atoms with van der Waals surface area (Å²) in [7, 11) is 1.99. The van der Waals surface area contributed by atoms with E-state index in [-0.39, 0.29) is 12.6 Å². The lowest BCUT2D eigenvalue weighted by Gasteiger charge is -2.21. The first kappa shape index (κ1) is 21.8. The molecule has 32 heavy (non-hydrogen) atoms. The average Bonchev–Trinajstić information content (AvgIpc) is 3.25. The Hall–Kier alpha value is -3.45. The molecule has 0 radical (unpaired) electrons. The normalized spacial score (nSPS) is 12.1. The van der Waals surface area contributed by atoms with Crippen molar-refractivity contribution in [3.63, 3.8) is 0 Å². The molecular weight excluding hydrogens is 400 g/mol. The first-order chi connectivity index (χ1) is 15.6. The van der Waals surface area contributed by atoms with Crippen LogP contribution in [0.4, 0.5) is 17.5 Å². The Morgan fingerprint density at radius 1 is 1.00 bits per heavy atom. The van der Waals surface area contributed by atoms with Crippen LogP contribution in [-0.4, -0.2) is 44.3 Å². The second kappa shape index (κ2) is 9.78. The molecule has 7 nitrogen and oxygen atoms in total. The van der Waals surface area contributed by atoms with Gasteiger partial charge in [-0.15, -0.1) is 0 Å².